The molecule has 1 aromatic rings. The van der Waals surface area contributed by atoms with E-state index in [-0.39, 0.29) is 13.1 Å². The maximum atomic E-state index is 12.6. The lowest BCUT2D eigenvalue weighted by atomic mass is 10.1. The Morgan fingerprint density at radius 1 is 1.12 bits per heavy atom. The molecule has 0 unspecified atom stereocenters. The molecule has 0 aromatic heterocycles. The molecule has 1 aromatic carbocycles. The fourth-order valence-electron chi connectivity index (χ4n) is 1.80. The van der Waals surface area contributed by atoms with Crippen LogP contribution >= 0.6 is 0 Å². The molecule has 0 radical (unpaired) electrons. The van der Waals surface area contributed by atoms with Crippen LogP contribution in [0.15, 0.2) is 24.3 Å². The summed E-state index contributed by atoms with van der Waals surface area (Å²) in [5, 5.41) is 1.20. The summed E-state index contributed by atoms with van der Waals surface area (Å²) in [7, 11) is 1.19. The second-order valence-corrected chi connectivity index (χ2v) is 6.24. The lowest BCUT2D eigenvalue weighted by Crippen LogP contribution is -2.46. The second kappa shape index (κ2) is 8.19. The van der Waals surface area contributed by atoms with Crippen LogP contribution in [0.2, 0.25) is 0 Å². The highest BCUT2D eigenvalue weighted by Crippen LogP contribution is 2.29. The smallest absolute Gasteiger partial charge is 0.422 e. The van der Waals surface area contributed by atoms with Crippen LogP contribution < -0.4 is 5.43 Å². The number of carbonyl (C=O) groups is 2. The minimum Gasteiger partial charge on any atom is -0.468 e. The molecule has 0 heterocycles. The predicted molar refractivity (Wildman–Crippen MR) is 83.2 cm³/mol. The van der Waals surface area contributed by atoms with Crippen LogP contribution in [0.4, 0.5) is 18.0 Å². The fourth-order valence-corrected chi connectivity index (χ4v) is 1.80. The van der Waals surface area contributed by atoms with Crippen LogP contribution in [-0.2, 0) is 27.0 Å². The molecule has 9 heteroatoms. The molecular formula is C16H21F3N2O4. The van der Waals surface area contributed by atoms with Gasteiger partial charge in [-0.2, -0.15) is 13.2 Å². The number of methoxy groups -OCH3 is 1. The number of esters is 1. The zero-order chi connectivity index (χ0) is 19.3. The van der Waals surface area contributed by atoms with Gasteiger partial charge in [-0.25, -0.2) is 9.80 Å². The number of nitrogens with zero attached hydrogens (tertiary/aromatic N) is 1. The Balaban J connectivity index is 2.82. The van der Waals surface area contributed by atoms with Gasteiger partial charge in [0, 0.05) is 6.54 Å². The predicted octanol–water partition coefficient (Wildman–Crippen LogP) is 3.12. The number of hydrogen-bond acceptors (Lipinski definition) is 5. The van der Waals surface area contributed by atoms with E-state index in [1.807, 2.05) is 0 Å². The first-order valence-corrected chi connectivity index (χ1v) is 7.38. The van der Waals surface area contributed by atoms with Crippen molar-refractivity contribution in [3.63, 3.8) is 0 Å². The van der Waals surface area contributed by atoms with Gasteiger partial charge in [-0.1, -0.05) is 12.1 Å². The zero-order valence-corrected chi connectivity index (χ0v) is 14.4. The largest absolute Gasteiger partial charge is 0.468 e. The first kappa shape index (κ1) is 20.8. The molecule has 0 bridgehead atoms. The van der Waals surface area contributed by atoms with Crippen LogP contribution in [0.25, 0.3) is 0 Å². The van der Waals surface area contributed by atoms with Gasteiger partial charge in [0.25, 0.3) is 0 Å². The Labute approximate surface area is 143 Å². The molecule has 140 valence electrons. The number of carbonyl (C=O) groups excluding carboxylic acids is 2. The van der Waals surface area contributed by atoms with E-state index < -0.39 is 29.4 Å². The molecule has 0 spiro atoms. The number of amides is 1. The molecule has 0 fully saturated rings. The minimum absolute atomic E-state index is 0.00746. The molecule has 0 aliphatic heterocycles. The van der Waals surface area contributed by atoms with Crippen molar-refractivity contribution in [2.75, 3.05) is 13.7 Å². The number of ether oxygens (including phenoxy) is 2. The van der Waals surface area contributed by atoms with E-state index in [1.54, 1.807) is 20.8 Å². The van der Waals surface area contributed by atoms with Gasteiger partial charge in [0.15, 0.2) is 0 Å². The molecule has 0 saturated carbocycles. The van der Waals surface area contributed by atoms with Crippen molar-refractivity contribution in [1.29, 1.82) is 0 Å². The van der Waals surface area contributed by atoms with Crippen LogP contribution in [0.5, 0.6) is 0 Å². The molecule has 1 amide bonds. The Kier molecular flexibility index (Phi) is 6.80. The van der Waals surface area contributed by atoms with Crippen molar-refractivity contribution in [2.24, 2.45) is 0 Å². The molecule has 6 nitrogen and oxygen atoms in total. The quantitative estimate of drug-likeness (QED) is 0.644. The number of hydrazine groups is 1. The average Bonchev–Trinajstić information content (AvgIpc) is 2.44. The molecule has 25 heavy (non-hydrogen) atoms. The first-order valence-electron chi connectivity index (χ1n) is 7.38. The van der Waals surface area contributed by atoms with E-state index in [0.717, 1.165) is 12.1 Å². The van der Waals surface area contributed by atoms with Crippen molar-refractivity contribution in [1.82, 2.24) is 10.4 Å². The van der Waals surface area contributed by atoms with Gasteiger partial charge < -0.3 is 9.47 Å². The molecule has 1 N–H and O–H groups in total. The monoisotopic (exact) mass is 362 g/mol. The van der Waals surface area contributed by atoms with Crippen LogP contribution in [-0.4, -0.2) is 36.3 Å². The molecular weight excluding hydrogens is 341 g/mol. The summed E-state index contributed by atoms with van der Waals surface area (Å²) < 4.78 is 47.4. The van der Waals surface area contributed by atoms with E-state index in [4.69, 9.17) is 4.74 Å². The summed E-state index contributed by atoms with van der Waals surface area (Å²) in [5.41, 5.74) is 1.32. The highest BCUT2D eigenvalue weighted by molar-refractivity contribution is 5.72. The lowest BCUT2D eigenvalue weighted by Gasteiger charge is -2.25. The van der Waals surface area contributed by atoms with Crippen molar-refractivity contribution in [3.05, 3.63) is 35.4 Å². The highest BCUT2D eigenvalue weighted by Gasteiger charge is 2.30. The van der Waals surface area contributed by atoms with Crippen LogP contribution in [0.1, 0.15) is 31.9 Å². The van der Waals surface area contributed by atoms with E-state index in [2.05, 4.69) is 10.2 Å². The van der Waals surface area contributed by atoms with Gasteiger partial charge in [0.05, 0.1) is 12.7 Å². The van der Waals surface area contributed by atoms with Crippen molar-refractivity contribution in [2.45, 2.75) is 39.1 Å². The first-order chi connectivity index (χ1) is 11.4. The number of nitrogens with one attached hydrogen (secondary N) is 1. The topological polar surface area (TPSA) is 67.9 Å². The summed E-state index contributed by atoms with van der Waals surface area (Å²) in [4.78, 5) is 23.3. The van der Waals surface area contributed by atoms with E-state index in [0.29, 0.717) is 5.56 Å². The number of hydrogen-bond donors (Lipinski definition) is 1. The van der Waals surface area contributed by atoms with E-state index in [1.165, 1.54) is 24.3 Å². The molecule has 0 atom stereocenters. The third kappa shape index (κ3) is 7.88. The van der Waals surface area contributed by atoms with Crippen molar-refractivity contribution >= 4 is 12.1 Å². The van der Waals surface area contributed by atoms with Crippen molar-refractivity contribution < 1.29 is 32.2 Å². The maximum Gasteiger partial charge on any atom is 0.422 e. The van der Waals surface area contributed by atoms with Gasteiger partial charge in [-0.3, -0.25) is 10.2 Å². The summed E-state index contributed by atoms with van der Waals surface area (Å²) in [6, 6.07) is 4.39. The fraction of sp³-hybridized carbons (Fsp3) is 0.500. The van der Waals surface area contributed by atoms with Crippen LogP contribution in [0.3, 0.4) is 0 Å². The average molecular weight is 362 g/mol. The van der Waals surface area contributed by atoms with Gasteiger partial charge in [0.2, 0.25) is 0 Å². The SMILES string of the molecule is COC(=O)CN(Cc1ccc(C(F)(F)F)cc1)NC(=O)OC(C)(C)C. The number of rotatable bonds is 5. The van der Waals surface area contributed by atoms with Gasteiger partial charge >= 0.3 is 18.2 Å². The molecule has 0 aliphatic rings. The summed E-state index contributed by atoms with van der Waals surface area (Å²) in [6.07, 6.45) is -5.22. The van der Waals surface area contributed by atoms with E-state index >= 15 is 0 Å². The lowest BCUT2D eigenvalue weighted by molar-refractivity contribution is -0.142. The number of halogens is 3. The van der Waals surface area contributed by atoms with Gasteiger partial charge in [0.1, 0.15) is 12.1 Å². The molecule has 0 saturated heterocycles. The summed E-state index contributed by atoms with van der Waals surface area (Å²) in [5.74, 6) is -0.622. The van der Waals surface area contributed by atoms with E-state index in [9.17, 15) is 22.8 Å². The Bertz CT molecular complexity index is 595. The summed E-state index contributed by atoms with van der Waals surface area (Å²) in [6.45, 7) is 4.72. The highest BCUT2D eigenvalue weighted by atomic mass is 19.4. The van der Waals surface area contributed by atoms with Gasteiger partial charge in [-0.15, -0.1) is 0 Å². The zero-order valence-electron chi connectivity index (χ0n) is 14.4. The Hall–Kier alpha value is -2.29. The van der Waals surface area contributed by atoms with Gasteiger partial charge in [-0.05, 0) is 38.5 Å². The number of benzene rings is 1. The summed E-state index contributed by atoms with van der Waals surface area (Å²) >= 11 is 0. The third-order valence-corrected chi connectivity index (χ3v) is 2.85. The van der Waals surface area contributed by atoms with Crippen LogP contribution in [0, 0.1) is 0 Å². The Morgan fingerprint density at radius 3 is 2.12 bits per heavy atom. The molecule has 1 rings (SSSR count). The maximum absolute atomic E-state index is 12.6. The molecule has 0 aliphatic carbocycles. The standard InChI is InChI=1S/C16H21F3N2O4/c1-15(2,3)25-14(23)20-21(10-13(22)24-4)9-11-5-7-12(8-6-11)16(17,18)19/h5-8H,9-10H2,1-4H3,(H,20,23). The normalized spacial score (nSPS) is 12.0. The number of alkyl halides is 3. The minimum atomic E-state index is -4.43. The second-order valence-electron chi connectivity index (χ2n) is 6.24. The van der Waals surface area contributed by atoms with Crippen molar-refractivity contribution in [3.8, 4) is 0 Å². The Morgan fingerprint density at radius 2 is 1.68 bits per heavy atom. The third-order valence-electron chi connectivity index (χ3n) is 2.85.